The Labute approximate surface area is 135 Å². The van der Waals surface area contributed by atoms with Crippen molar-refractivity contribution >= 4 is 29.0 Å². The Morgan fingerprint density at radius 3 is 2.73 bits per heavy atom. The van der Waals surface area contributed by atoms with E-state index in [0.717, 1.165) is 18.9 Å². The highest BCUT2D eigenvalue weighted by molar-refractivity contribution is 6.31. The van der Waals surface area contributed by atoms with Gasteiger partial charge in [-0.1, -0.05) is 17.7 Å². The van der Waals surface area contributed by atoms with Gasteiger partial charge >= 0.3 is 0 Å². The predicted octanol–water partition coefficient (Wildman–Crippen LogP) is 2.96. The summed E-state index contributed by atoms with van der Waals surface area (Å²) in [6.07, 6.45) is 1.63. The molecule has 2 rings (SSSR count). The maximum atomic E-state index is 12.1. The van der Waals surface area contributed by atoms with Gasteiger partial charge < -0.3 is 15.5 Å². The number of aromatic nitrogens is 1. The second-order valence-electron chi connectivity index (χ2n) is 5.13. The summed E-state index contributed by atoms with van der Waals surface area (Å²) in [6, 6.07) is 10.5. The summed E-state index contributed by atoms with van der Waals surface area (Å²) >= 11 is 5.88. The van der Waals surface area contributed by atoms with Crippen molar-refractivity contribution < 1.29 is 4.79 Å². The molecule has 22 heavy (non-hydrogen) atoms. The van der Waals surface area contributed by atoms with Crippen LogP contribution in [-0.4, -0.2) is 43.0 Å². The fourth-order valence-electron chi connectivity index (χ4n) is 1.81. The number of hydrogen-bond donors (Lipinski definition) is 2. The normalized spacial score (nSPS) is 10.5. The fourth-order valence-corrected chi connectivity index (χ4v) is 2.00. The van der Waals surface area contributed by atoms with Crippen LogP contribution in [0.2, 0.25) is 5.02 Å². The highest BCUT2D eigenvalue weighted by Gasteiger charge is 2.06. The third kappa shape index (κ3) is 5.02. The number of carbonyl (C=O) groups is 1. The molecule has 0 aliphatic carbocycles. The summed E-state index contributed by atoms with van der Waals surface area (Å²) in [4.78, 5) is 18.4. The van der Waals surface area contributed by atoms with Crippen molar-refractivity contribution in [2.75, 3.05) is 37.8 Å². The first-order valence-electron chi connectivity index (χ1n) is 6.96. The zero-order valence-electron chi connectivity index (χ0n) is 12.6. The summed E-state index contributed by atoms with van der Waals surface area (Å²) in [6.45, 7) is 1.74. The van der Waals surface area contributed by atoms with Crippen LogP contribution >= 0.6 is 11.6 Å². The zero-order valence-corrected chi connectivity index (χ0v) is 13.4. The number of nitrogens with one attached hydrogen (secondary N) is 2. The SMILES string of the molecule is CN(C)CCNc1ccc(NC(=O)c2cccc(Cl)c2)cn1. The molecular formula is C16H19ClN4O. The van der Waals surface area contributed by atoms with Gasteiger partial charge in [-0.25, -0.2) is 4.98 Å². The summed E-state index contributed by atoms with van der Waals surface area (Å²) in [5, 5.41) is 6.54. The largest absolute Gasteiger partial charge is 0.369 e. The van der Waals surface area contributed by atoms with Gasteiger partial charge in [-0.15, -0.1) is 0 Å². The third-order valence-corrected chi connectivity index (χ3v) is 3.21. The first kappa shape index (κ1) is 16.3. The van der Waals surface area contributed by atoms with E-state index in [0.29, 0.717) is 16.3 Å². The quantitative estimate of drug-likeness (QED) is 0.859. The molecule has 1 heterocycles. The Bertz CT molecular complexity index is 628. The van der Waals surface area contributed by atoms with Crippen LogP contribution in [0.1, 0.15) is 10.4 Å². The molecule has 0 spiro atoms. The van der Waals surface area contributed by atoms with Gasteiger partial charge in [0.2, 0.25) is 0 Å². The number of anilines is 2. The average Bonchev–Trinajstić information content (AvgIpc) is 2.48. The van der Waals surface area contributed by atoms with Gasteiger partial charge in [0.05, 0.1) is 11.9 Å². The summed E-state index contributed by atoms with van der Waals surface area (Å²) < 4.78 is 0. The first-order valence-corrected chi connectivity index (χ1v) is 7.34. The molecule has 1 amide bonds. The van der Waals surface area contributed by atoms with Crippen molar-refractivity contribution in [3.63, 3.8) is 0 Å². The molecular weight excluding hydrogens is 300 g/mol. The molecule has 1 aromatic carbocycles. The molecule has 116 valence electrons. The predicted molar refractivity (Wildman–Crippen MR) is 90.7 cm³/mol. The highest BCUT2D eigenvalue weighted by atomic mass is 35.5. The third-order valence-electron chi connectivity index (χ3n) is 2.97. The summed E-state index contributed by atoms with van der Waals surface area (Å²) in [5.74, 6) is 0.570. The van der Waals surface area contributed by atoms with Gasteiger partial charge in [-0.3, -0.25) is 4.79 Å². The minimum atomic E-state index is -0.211. The van der Waals surface area contributed by atoms with Crippen LogP contribution < -0.4 is 10.6 Å². The number of carbonyl (C=O) groups excluding carboxylic acids is 1. The van der Waals surface area contributed by atoms with Crippen LogP contribution in [0.25, 0.3) is 0 Å². The second kappa shape index (κ2) is 7.77. The molecule has 0 aliphatic heterocycles. The van der Waals surface area contributed by atoms with Gasteiger partial charge in [0.15, 0.2) is 0 Å². The Hall–Kier alpha value is -2.11. The molecule has 5 nitrogen and oxygen atoms in total. The first-order chi connectivity index (χ1) is 10.5. The van der Waals surface area contributed by atoms with E-state index in [1.165, 1.54) is 0 Å². The molecule has 2 N–H and O–H groups in total. The van der Waals surface area contributed by atoms with Crippen LogP contribution in [0.15, 0.2) is 42.6 Å². The smallest absolute Gasteiger partial charge is 0.255 e. The van der Waals surface area contributed by atoms with E-state index in [9.17, 15) is 4.79 Å². The number of rotatable bonds is 6. The molecule has 0 fully saturated rings. The Balaban J connectivity index is 1.92. The molecule has 0 saturated heterocycles. The summed E-state index contributed by atoms with van der Waals surface area (Å²) in [5.41, 5.74) is 1.16. The summed E-state index contributed by atoms with van der Waals surface area (Å²) in [7, 11) is 4.03. The van der Waals surface area contributed by atoms with Crippen LogP contribution in [0.3, 0.4) is 0 Å². The second-order valence-corrected chi connectivity index (χ2v) is 5.56. The van der Waals surface area contributed by atoms with Crippen molar-refractivity contribution in [2.45, 2.75) is 0 Å². The van der Waals surface area contributed by atoms with Crippen molar-refractivity contribution in [3.05, 3.63) is 53.2 Å². The standard InChI is InChI=1S/C16H19ClN4O/c1-21(2)9-8-18-15-7-6-14(11-19-15)20-16(22)12-4-3-5-13(17)10-12/h3-7,10-11H,8-9H2,1-2H3,(H,18,19)(H,20,22). The monoisotopic (exact) mass is 318 g/mol. The molecule has 0 bridgehead atoms. The van der Waals surface area contributed by atoms with E-state index in [2.05, 4.69) is 20.5 Å². The minimum absolute atomic E-state index is 0.211. The van der Waals surface area contributed by atoms with Crippen molar-refractivity contribution in [2.24, 2.45) is 0 Å². The van der Waals surface area contributed by atoms with E-state index in [-0.39, 0.29) is 5.91 Å². The number of hydrogen-bond acceptors (Lipinski definition) is 4. The molecule has 0 aliphatic rings. The fraction of sp³-hybridized carbons (Fsp3) is 0.250. The lowest BCUT2D eigenvalue weighted by molar-refractivity contribution is 0.102. The average molecular weight is 319 g/mol. The highest BCUT2D eigenvalue weighted by Crippen LogP contribution is 2.14. The maximum Gasteiger partial charge on any atom is 0.255 e. The lowest BCUT2D eigenvalue weighted by Gasteiger charge is -2.11. The van der Waals surface area contributed by atoms with Gasteiger partial charge in [-0.2, -0.15) is 0 Å². The molecule has 0 radical (unpaired) electrons. The lowest BCUT2D eigenvalue weighted by Crippen LogP contribution is -2.21. The van der Waals surface area contributed by atoms with Gasteiger partial charge in [0, 0.05) is 23.7 Å². The van der Waals surface area contributed by atoms with E-state index in [1.807, 2.05) is 26.2 Å². The van der Waals surface area contributed by atoms with Gasteiger partial charge in [0.25, 0.3) is 5.91 Å². The minimum Gasteiger partial charge on any atom is -0.369 e. The van der Waals surface area contributed by atoms with E-state index in [4.69, 9.17) is 11.6 Å². The number of halogens is 1. The van der Waals surface area contributed by atoms with Crippen molar-refractivity contribution in [1.29, 1.82) is 0 Å². The molecule has 2 aromatic rings. The van der Waals surface area contributed by atoms with Crippen LogP contribution in [-0.2, 0) is 0 Å². The van der Waals surface area contributed by atoms with E-state index < -0.39 is 0 Å². The number of nitrogens with zero attached hydrogens (tertiary/aromatic N) is 2. The van der Waals surface area contributed by atoms with Crippen LogP contribution in [0, 0.1) is 0 Å². The Morgan fingerprint density at radius 1 is 1.27 bits per heavy atom. The molecule has 6 heteroatoms. The molecule has 1 aromatic heterocycles. The zero-order chi connectivity index (χ0) is 15.9. The van der Waals surface area contributed by atoms with Crippen molar-refractivity contribution in [1.82, 2.24) is 9.88 Å². The van der Waals surface area contributed by atoms with Crippen LogP contribution in [0.5, 0.6) is 0 Å². The lowest BCUT2D eigenvalue weighted by atomic mass is 10.2. The van der Waals surface area contributed by atoms with Gasteiger partial charge in [-0.05, 0) is 44.4 Å². The number of amides is 1. The Kier molecular flexibility index (Phi) is 5.75. The molecule has 0 saturated carbocycles. The Morgan fingerprint density at radius 2 is 2.09 bits per heavy atom. The number of likely N-dealkylation sites (N-methyl/N-ethyl adjacent to an activating group) is 1. The topological polar surface area (TPSA) is 57.3 Å². The maximum absolute atomic E-state index is 12.1. The number of pyridine rings is 1. The van der Waals surface area contributed by atoms with Gasteiger partial charge in [0.1, 0.15) is 5.82 Å². The van der Waals surface area contributed by atoms with E-state index >= 15 is 0 Å². The van der Waals surface area contributed by atoms with E-state index in [1.54, 1.807) is 30.5 Å². The molecule has 0 unspecified atom stereocenters. The number of benzene rings is 1. The molecule has 0 atom stereocenters. The van der Waals surface area contributed by atoms with Crippen molar-refractivity contribution in [3.8, 4) is 0 Å². The van der Waals surface area contributed by atoms with Crippen LogP contribution in [0.4, 0.5) is 11.5 Å².